The zero-order chi connectivity index (χ0) is 32.1. The van der Waals surface area contributed by atoms with Crippen molar-refractivity contribution in [2.24, 2.45) is 0 Å². The quantitative estimate of drug-likeness (QED) is 0.157. The number of carboxylic acid groups (broad SMARTS) is 1. The van der Waals surface area contributed by atoms with E-state index in [4.69, 9.17) is 37.4 Å². The summed E-state index contributed by atoms with van der Waals surface area (Å²) >= 11 is 13.6. The van der Waals surface area contributed by atoms with Crippen molar-refractivity contribution in [3.8, 4) is 28.4 Å². The number of rotatable bonds is 15. The molecule has 0 radical (unpaired) electrons. The summed E-state index contributed by atoms with van der Waals surface area (Å²) in [6, 6.07) is 15.4. The van der Waals surface area contributed by atoms with Crippen molar-refractivity contribution in [2.45, 2.75) is 57.4 Å². The minimum atomic E-state index is -1.51. The fourth-order valence-corrected chi connectivity index (χ4v) is 6.27. The second kappa shape index (κ2) is 14.6. The van der Waals surface area contributed by atoms with E-state index >= 15 is 0 Å². The number of ether oxygens (including phenoxy) is 3. The molecule has 4 N–H and O–H groups in total. The van der Waals surface area contributed by atoms with Crippen molar-refractivity contribution >= 4 is 29.2 Å². The lowest BCUT2D eigenvalue weighted by atomic mass is 9.96. The number of fused-ring (bicyclic) bond motifs is 1. The summed E-state index contributed by atoms with van der Waals surface area (Å²) in [5.41, 5.74) is 3.31. The van der Waals surface area contributed by atoms with Crippen molar-refractivity contribution in [1.29, 1.82) is 0 Å². The van der Waals surface area contributed by atoms with Crippen LogP contribution in [0.5, 0.6) is 17.2 Å². The highest BCUT2D eigenvalue weighted by atomic mass is 35.5. The number of carbonyl (C=O) groups is 1. The first kappa shape index (κ1) is 33.3. The van der Waals surface area contributed by atoms with Crippen LogP contribution < -0.4 is 19.5 Å². The summed E-state index contributed by atoms with van der Waals surface area (Å²) in [7, 11) is 0. The third-order valence-corrected chi connectivity index (χ3v) is 9.11. The Hall–Kier alpha value is -3.05. The largest absolute Gasteiger partial charge is 0.493 e. The number of hydrogen-bond acceptors (Lipinski definition) is 8. The lowest BCUT2D eigenvalue weighted by Gasteiger charge is -2.35. The maximum Gasteiger partial charge on any atom is 0.326 e. The predicted octanol–water partition coefficient (Wildman–Crippen LogP) is 5.50. The van der Waals surface area contributed by atoms with Gasteiger partial charge in [0.25, 0.3) is 0 Å². The first-order valence-electron chi connectivity index (χ1n) is 15.3. The highest BCUT2D eigenvalue weighted by Gasteiger charge is 2.33. The molecule has 0 spiro atoms. The zero-order valence-corrected chi connectivity index (χ0v) is 27.0. The van der Waals surface area contributed by atoms with Gasteiger partial charge in [0.05, 0.1) is 36.0 Å². The number of nitrogens with one attached hydrogen (secondary N) is 1. The van der Waals surface area contributed by atoms with E-state index in [1.54, 1.807) is 12.1 Å². The lowest BCUT2D eigenvalue weighted by molar-refractivity contribution is -0.145. The van der Waals surface area contributed by atoms with E-state index in [1.165, 1.54) is 6.92 Å². The molecule has 1 heterocycles. The summed E-state index contributed by atoms with van der Waals surface area (Å²) in [6.45, 7) is 6.10. The second-order valence-corrected chi connectivity index (χ2v) is 12.5. The molecule has 1 unspecified atom stereocenters. The van der Waals surface area contributed by atoms with Gasteiger partial charge in [0, 0.05) is 43.4 Å². The average molecular weight is 660 g/mol. The Balaban J connectivity index is 1.31. The molecule has 0 amide bonds. The number of likely N-dealkylation sites (tertiary alicyclic amines) is 1. The molecule has 5 rings (SSSR count). The van der Waals surface area contributed by atoms with Crippen LogP contribution in [-0.2, 0) is 17.8 Å². The monoisotopic (exact) mass is 658 g/mol. The van der Waals surface area contributed by atoms with E-state index < -0.39 is 18.1 Å². The van der Waals surface area contributed by atoms with Gasteiger partial charge in [-0.3, -0.25) is 15.0 Å². The van der Waals surface area contributed by atoms with E-state index in [-0.39, 0.29) is 18.8 Å². The van der Waals surface area contributed by atoms with Gasteiger partial charge in [0.1, 0.15) is 28.9 Å². The standard InChI is InChI=1S/C34H40Cl2N2O7/c1-3-43-30-16-31(27(35)15-21(30)17-37-34(2,20-39)33(41)42)45-28-12-11-24-23(7-4-8-25(24)28)26-9-5-10-29(32(26)36)44-14-6-13-38-18-22(40)19-38/h4-5,7-10,15-16,22,28,37,39-40H,3,6,11-14,17-20H2,1-2H3,(H,41,42)/t28-,34?/m0/s1. The molecule has 1 aliphatic carbocycles. The Morgan fingerprint density at radius 3 is 2.53 bits per heavy atom. The maximum absolute atomic E-state index is 11.6. The van der Waals surface area contributed by atoms with Crippen LogP contribution in [0.15, 0.2) is 48.5 Å². The summed E-state index contributed by atoms with van der Waals surface area (Å²) < 4.78 is 18.4. The number of aliphatic carboxylic acids is 1. The zero-order valence-electron chi connectivity index (χ0n) is 25.5. The van der Waals surface area contributed by atoms with Crippen LogP contribution in [0, 0.1) is 0 Å². The molecule has 1 fully saturated rings. The van der Waals surface area contributed by atoms with Crippen LogP contribution in [0.2, 0.25) is 10.0 Å². The predicted molar refractivity (Wildman–Crippen MR) is 174 cm³/mol. The molecule has 242 valence electrons. The van der Waals surface area contributed by atoms with Crippen LogP contribution in [0.3, 0.4) is 0 Å². The Morgan fingerprint density at radius 1 is 1.07 bits per heavy atom. The highest BCUT2D eigenvalue weighted by molar-refractivity contribution is 6.35. The third kappa shape index (κ3) is 7.51. The molecular weight excluding hydrogens is 619 g/mol. The number of β-amino-alcohol motifs (C(OH)–C–C–N with tert-alkyl or cyclic N) is 1. The number of benzene rings is 3. The number of nitrogens with zero attached hydrogens (tertiary/aromatic N) is 1. The lowest BCUT2D eigenvalue weighted by Crippen LogP contribution is -2.52. The van der Waals surface area contributed by atoms with Gasteiger partial charge < -0.3 is 29.5 Å². The molecule has 11 heteroatoms. The molecule has 3 aromatic carbocycles. The SMILES string of the molecule is CCOc1cc(O[C@H]2CCc3c(-c4cccc(OCCCN5CC(O)C5)c4Cl)cccc32)c(Cl)cc1CNC(C)(CO)C(=O)O. The molecule has 0 saturated carbocycles. The second-order valence-electron chi connectivity index (χ2n) is 11.7. The number of hydrogen-bond donors (Lipinski definition) is 4. The minimum Gasteiger partial charge on any atom is -0.493 e. The molecule has 0 bridgehead atoms. The van der Waals surface area contributed by atoms with Crippen molar-refractivity contribution in [3.63, 3.8) is 0 Å². The van der Waals surface area contributed by atoms with Crippen molar-refractivity contribution < 1.29 is 34.3 Å². The van der Waals surface area contributed by atoms with Crippen LogP contribution in [-0.4, -0.2) is 77.3 Å². The van der Waals surface area contributed by atoms with Crippen molar-refractivity contribution in [3.05, 3.63) is 75.3 Å². The van der Waals surface area contributed by atoms with Gasteiger partial charge >= 0.3 is 5.97 Å². The van der Waals surface area contributed by atoms with Crippen LogP contribution >= 0.6 is 23.2 Å². The molecule has 1 saturated heterocycles. The summed E-state index contributed by atoms with van der Waals surface area (Å²) in [6.07, 6.45) is 1.96. The normalized spacial score (nSPS) is 17.8. The Morgan fingerprint density at radius 2 is 1.82 bits per heavy atom. The highest BCUT2D eigenvalue weighted by Crippen LogP contribution is 2.45. The van der Waals surface area contributed by atoms with E-state index in [0.717, 1.165) is 61.2 Å². The van der Waals surface area contributed by atoms with Gasteiger partial charge in [0.2, 0.25) is 0 Å². The van der Waals surface area contributed by atoms with Gasteiger partial charge in [-0.1, -0.05) is 53.5 Å². The number of halogens is 2. The van der Waals surface area contributed by atoms with Crippen LogP contribution in [0.4, 0.5) is 0 Å². The Kier molecular flexibility index (Phi) is 10.8. The molecule has 2 atom stereocenters. The Bertz CT molecular complexity index is 1510. The van der Waals surface area contributed by atoms with Crippen molar-refractivity contribution in [2.75, 3.05) is 39.5 Å². The van der Waals surface area contributed by atoms with Gasteiger partial charge in [-0.05, 0) is 61.9 Å². The van der Waals surface area contributed by atoms with Gasteiger partial charge in [0.15, 0.2) is 0 Å². The van der Waals surface area contributed by atoms with Gasteiger partial charge in [-0.25, -0.2) is 0 Å². The summed E-state index contributed by atoms with van der Waals surface area (Å²) in [5.74, 6) is 0.479. The smallest absolute Gasteiger partial charge is 0.326 e. The van der Waals surface area contributed by atoms with Crippen LogP contribution in [0.25, 0.3) is 11.1 Å². The first-order chi connectivity index (χ1) is 21.6. The Labute approximate surface area is 273 Å². The van der Waals surface area contributed by atoms with Crippen LogP contribution in [0.1, 0.15) is 49.5 Å². The number of aliphatic hydroxyl groups is 2. The summed E-state index contributed by atoms with van der Waals surface area (Å²) in [4.78, 5) is 13.8. The topological polar surface area (TPSA) is 121 Å². The van der Waals surface area contributed by atoms with Gasteiger partial charge in [-0.2, -0.15) is 0 Å². The molecule has 0 aromatic heterocycles. The molecule has 2 aliphatic rings. The van der Waals surface area contributed by atoms with Gasteiger partial charge in [-0.15, -0.1) is 0 Å². The first-order valence-corrected chi connectivity index (χ1v) is 16.0. The molecule has 45 heavy (non-hydrogen) atoms. The maximum atomic E-state index is 11.6. The molecule has 1 aliphatic heterocycles. The fraction of sp³-hybridized carbons (Fsp3) is 0.441. The third-order valence-electron chi connectivity index (χ3n) is 8.42. The molecule has 9 nitrogen and oxygen atoms in total. The average Bonchev–Trinajstić information content (AvgIpc) is 3.42. The molecule has 3 aromatic rings. The number of carboxylic acids is 1. The van der Waals surface area contributed by atoms with E-state index in [0.29, 0.717) is 46.1 Å². The molecular formula is C34H40Cl2N2O7. The van der Waals surface area contributed by atoms with E-state index in [9.17, 15) is 20.1 Å². The van der Waals surface area contributed by atoms with Crippen molar-refractivity contribution in [1.82, 2.24) is 10.2 Å². The minimum absolute atomic E-state index is 0.125. The number of aliphatic hydroxyl groups excluding tert-OH is 2. The fourth-order valence-electron chi connectivity index (χ4n) is 5.75. The van der Waals surface area contributed by atoms with E-state index in [2.05, 4.69) is 22.3 Å². The van der Waals surface area contributed by atoms with E-state index in [1.807, 2.05) is 31.2 Å². The summed E-state index contributed by atoms with van der Waals surface area (Å²) in [5, 5.41) is 32.4.